The smallest absolute Gasteiger partial charge is 0.0213 e. The van der Waals surface area contributed by atoms with Crippen LogP contribution in [0.3, 0.4) is 0 Å². The van der Waals surface area contributed by atoms with Crippen molar-refractivity contribution >= 4 is 0 Å². The third kappa shape index (κ3) is 4.17. The predicted octanol–water partition coefficient (Wildman–Crippen LogP) is 1.13. The summed E-state index contributed by atoms with van der Waals surface area (Å²) in [6.45, 7) is 18.8. The minimum atomic E-state index is 0.286. The third-order valence-electron chi connectivity index (χ3n) is 4.99. The molecule has 0 aromatic rings. The second-order valence-corrected chi connectivity index (χ2v) is 7.56. The maximum atomic E-state index is 3.73. The molecule has 0 aromatic heterocycles. The van der Waals surface area contributed by atoms with Crippen LogP contribution in [0.2, 0.25) is 0 Å². The zero-order valence-corrected chi connectivity index (χ0v) is 14.1. The van der Waals surface area contributed by atoms with Crippen LogP contribution in [0.5, 0.6) is 0 Å². The van der Waals surface area contributed by atoms with Gasteiger partial charge < -0.3 is 10.6 Å². The van der Waals surface area contributed by atoms with Crippen molar-refractivity contribution in [2.75, 3.05) is 39.3 Å². The number of hydrogen-bond donors (Lipinski definition) is 2. The molecular formula is C16H34N4. The van der Waals surface area contributed by atoms with Crippen molar-refractivity contribution in [1.82, 2.24) is 20.4 Å². The topological polar surface area (TPSA) is 30.5 Å². The second-order valence-electron chi connectivity index (χ2n) is 7.56. The van der Waals surface area contributed by atoms with Crippen LogP contribution in [0, 0.1) is 0 Å². The van der Waals surface area contributed by atoms with Gasteiger partial charge in [0.15, 0.2) is 0 Å². The van der Waals surface area contributed by atoms with E-state index in [-0.39, 0.29) is 5.54 Å². The van der Waals surface area contributed by atoms with Crippen LogP contribution in [0.1, 0.15) is 41.0 Å². The average molecular weight is 282 g/mol. The summed E-state index contributed by atoms with van der Waals surface area (Å²) < 4.78 is 0. The van der Waals surface area contributed by atoms with Crippen molar-refractivity contribution in [3.63, 3.8) is 0 Å². The molecule has 0 radical (unpaired) electrons. The van der Waals surface area contributed by atoms with Crippen LogP contribution in [0.15, 0.2) is 0 Å². The summed E-state index contributed by atoms with van der Waals surface area (Å²) in [6, 6.07) is 1.92. The Morgan fingerprint density at radius 1 is 1.10 bits per heavy atom. The fourth-order valence-electron chi connectivity index (χ4n) is 3.67. The summed E-state index contributed by atoms with van der Waals surface area (Å²) in [6.07, 6.45) is 1.24. The SMILES string of the molecule is CC(C)N1CCN[C@H](CC(C)(C)N2CCN[C@@H](C)C2)C1. The van der Waals surface area contributed by atoms with Gasteiger partial charge in [0.05, 0.1) is 0 Å². The largest absolute Gasteiger partial charge is 0.312 e. The quantitative estimate of drug-likeness (QED) is 0.809. The standard InChI is InChI=1S/C16H34N4/c1-13(2)19-8-6-18-15(12-19)10-16(4,5)20-9-7-17-14(3)11-20/h13-15,17-18H,6-12H2,1-5H3/t14-,15+/m0/s1. The molecule has 0 bridgehead atoms. The van der Waals surface area contributed by atoms with Crippen LogP contribution >= 0.6 is 0 Å². The van der Waals surface area contributed by atoms with Gasteiger partial charge in [-0.15, -0.1) is 0 Å². The van der Waals surface area contributed by atoms with Crippen molar-refractivity contribution in [2.24, 2.45) is 0 Å². The van der Waals surface area contributed by atoms with Gasteiger partial charge in [-0.2, -0.15) is 0 Å². The lowest BCUT2D eigenvalue weighted by Gasteiger charge is -2.46. The van der Waals surface area contributed by atoms with E-state index >= 15 is 0 Å². The first kappa shape index (κ1) is 16.2. The first-order valence-electron chi connectivity index (χ1n) is 8.34. The molecule has 0 saturated carbocycles. The molecule has 2 heterocycles. The molecule has 2 aliphatic heterocycles. The van der Waals surface area contributed by atoms with Crippen LogP contribution < -0.4 is 10.6 Å². The van der Waals surface area contributed by atoms with Crippen LogP contribution in [-0.2, 0) is 0 Å². The Kier molecular flexibility index (Phi) is 5.46. The summed E-state index contributed by atoms with van der Waals surface area (Å²) in [5, 5.41) is 7.27. The Bertz CT molecular complexity index is 303. The van der Waals surface area contributed by atoms with Gasteiger partial charge in [-0.1, -0.05) is 0 Å². The molecule has 2 aliphatic rings. The van der Waals surface area contributed by atoms with E-state index in [1.165, 1.54) is 32.6 Å². The molecule has 0 spiro atoms. The molecule has 4 heteroatoms. The van der Waals surface area contributed by atoms with Crippen LogP contribution in [0.25, 0.3) is 0 Å². The molecule has 0 aromatic carbocycles. The van der Waals surface area contributed by atoms with Crippen molar-refractivity contribution in [1.29, 1.82) is 0 Å². The van der Waals surface area contributed by atoms with E-state index < -0.39 is 0 Å². The molecule has 2 rings (SSSR count). The number of rotatable bonds is 4. The van der Waals surface area contributed by atoms with Gasteiger partial charge in [0.25, 0.3) is 0 Å². The molecule has 0 unspecified atom stereocenters. The molecule has 2 saturated heterocycles. The highest BCUT2D eigenvalue weighted by Gasteiger charge is 2.33. The zero-order valence-electron chi connectivity index (χ0n) is 14.1. The van der Waals surface area contributed by atoms with E-state index in [9.17, 15) is 0 Å². The molecule has 0 amide bonds. The average Bonchev–Trinajstić information content (AvgIpc) is 2.38. The van der Waals surface area contributed by atoms with Gasteiger partial charge in [0, 0.05) is 62.9 Å². The van der Waals surface area contributed by atoms with E-state index in [1.54, 1.807) is 0 Å². The fourth-order valence-corrected chi connectivity index (χ4v) is 3.67. The van der Waals surface area contributed by atoms with Gasteiger partial charge in [-0.05, 0) is 41.0 Å². The normalized spacial score (nSPS) is 30.9. The molecule has 2 atom stereocenters. The van der Waals surface area contributed by atoms with Gasteiger partial charge in [-0.3, -0.25) is 9.80 Å². The monoisotopic (exact) mass is 282 g/mol. The van der Waals surface area contributed by atoms with Crippen LogP contribution in [-0.4, -0.2) is 72.7 Å². The molecule has 2 N–H and O–H groups in total. The minimum Gasteiger partial charge on any atom is -0.312 e. The highest BCUT2D eigenvalue weighted by molar-refractivity contribution is 4.93. The number of hydrogen-bond acceptors (Lipinski definition) is 4. The molecular weight excluding hydrogens is 248 g/mol. The number of piperazine rings is 2. The summed E-state index contributed by atoms with van der Waals surface area (Å²) in [5.74, 6) is 0. The van der Waals surface area contributed by atoms with Crippen molar-refractivity contribution < 1.29 is 0 Å². The lowest BCUT2D eigenvalue weighted by molar-refractivity contribution is 0.0559. The van der Waals surface area contributed by atoms with E-state index in [2.05, 4.69) is 55.1 Å². The van der Waals surface area contributed by atoms with E-state index in [4.69, 9.17) is 0 Å². The Morgan fingerprint density at radius 3 is 2.45 bits per heavy atom. The molecule has 0 aliphatic carbocycles. The van der Waals surface area contributed by atoms with E-state index in [0.717, 1.165) is 13.1 Å². The van der Waals surface area contributed by atoms with Gasteiger partial charge in [0.2, 0.25) is 0 Å². The Labute approximate surface area is 125 Å². The first-order valence-corrected chi connectivity index (χ1v) is 8.34. The summed E-state index contributed by atoms with van der Waals surface area (Å²) in [7, 11) is 0. The molecule has 118 valence electrons. The third-order valence-corrected chi connectivity index (χ3v) is 4.99. The number of nitrogens with one attached hydrogen (secondary N) is 2. The summed E-state index contributed by atoms with van der Waals surface area (Å²) >= 11 is 0. The summed E-state index contributed by atoms with van der Waals surface area (Å²) in [4.78, 5) is 5.28. The second kappa shape index (κ2) is 6.73. The Morgan fingerprint density at radius 2 is 1.80 bits per heavy atom. The predicted molar refractivity (Wildman–Crippen MR) is 86.2 cm³/mol. The molecule has 4 nitrogen and oxygen atoms in total. The summed E-state index contributed by atoms with van der Waals surface area (Å²) in [5.41, 5.74) is 0.286. The lowest BCUT2D eigenvalue weighted by Crippen LogP contribution is -2.60. The minimum absolute atomic E-state index is 0.286. The van der Waals surface area contributed by atoms with Crippen molar-refractivity contribution in [3.05, 3.63) is 0 Å². The van der Waals surface area contributed by atoms with Gasteiger partial charge in [-0.25, -0.2) is 0 Å². The van der Waals surface area contributed by atoms with Crippen molar-refractivity contribution in [2.45, 2.75) is 64.7 Å². The Balaban J connectivity index is 1.90. The fraction of sp³-hybridized carbons (Fsp3) is 1.00. The molecule has 2 fully saturated rings. The maximum Gasteiger partial charge on any atom is 0.0213 e. The number of nitrogens with zero attached hydrogens (tertiary/aromatic N) is 2. The molecule has 20 heavy (non-hydrogen) atoms. The van der Waals surface area contributed by atoms with Crippen molar-refractivity contribution in [3.8, 4) is 0 Å². The van der Waals surface area contributed by atoms with E-state index in [0.29, 0.717) is 18.1 Å². The van der Waals surface area contributed by atoms with Gasteiger partial charge in [0.1, 0.15) is 0 Å². The first-order chi connectivity index (χ1) is 9.38. The highest BCUT2D eigenvalue weighted by atomic mass is 15.3. The zero-order chi connectivity index (χ0) is 14.8. The highest BCUT2D eigenvalue weighted by Crippen LogP contribution is 2.23. The Hall–Kier alpha value is -0.160. The van der Waals surface area contributed by atoms with Gasteiger partial charge >= 0.3 is 0 Å². The lowest BCUT2D eigenvalue weighted by atomic mass is 9.90. The van der Waals surface area contributed by atoms with Crippen LogP contribution in [0.4, 0.5) is 0 Å². The van der Waals surface area contributed by atoms with E-state index in [1.807, 2.05) is 0 Å². The maximum absolute atomic E-state index is 3.73.